The molecule has 0 fully saturated rings. The minimum atomic E-state index is -1.00. The van der Waals surface area contributed by atoms with Crippen molar-refractivity contribution in [1.29, 1.82) is 0 Å². The van der Waals surface area contributed by atoms with Crippen molar-refractivity contribution in [3.63, 3.8) is 0 Å². The summed E-state index contributed by atoms with van der Waals surface area (Å²) in [6.45, 7) is 8.81. The van der Waals surface area contributed by atoms with Gasteiger partial charge in [0.25, 0.3) is 0 Å². The summed E-state index contributed by atoms with van der Waals surface area (Å²) in [6.07, 6.45) is -0.0812. The minimum Gasteiger partial charge on any atom is -0.467 e. The molecule has 0 N–H and O–H groups in total. The summed E-state index contributed by atoms with van der Waals surface area (Å²) in [6, 6.07) is 0. The summed E-state index contributed by atoms with van der Waals surface area (Å²) < 4.78 is 9.94. The molecule has 0 aromatic rings. The topological polar surface area (TPSA) is 55.8 Å². The molecule has 1 amide bonds. The standard InChI is InChI=1S/C12H23NO4/c1-8-12(5,9(14)16-7)13(6)10(15)17-11(2,3)4/h8H2,1-7H3. The first-order chi connectivity index (χ1) is 7.58. The van der Waals surface area contributed by atoms with E-state index in [1.54, 1.807) is 27.7 Å². The predicted octanol–water partition coefficient (Wildman–Crippen LogP) is 2.20. The molecule has 17 heavy (non-hydrogen) atoms. The molecular weight excluding hydrogens is 222 g/mol. The highest BCUT2D eigenvalue weighted by atomic mass is 16.6. The molecule has 5 nitrogen and oxygen atoms in total. The number of likely N-dealkylation sites (N-methyl/N-ethyl adjacent to an activating group) is 1. The van der Waals surface area contributed by atoms with E-state index in [1.807, 2.05) is 6.92 Å². The van der Waals surface area contributed by atoms with Gasteiger partial charge in [-0.05, 0) is 34.1 Å². The lowest BCUT2D eigenvalue weighted by molar-refractivity contribution is -0.153. The van der Waals surface area contributed by atoms with E-state index in [9.17, 15) is 9.59 Å². The van der Waals surface area contributed by atoms with Crippen LogP contribution < -0.4 is 0 Å². The predicted molar refractivity (Wildman–Crippen MR) is 64.7 cm³/mol. The summed E-state index contributed by atoms with van der Waals surface area (Å²) in [4.78, 5) is 24.9. The van der Waals surface area contributed by atoms with Crippen molar-refractivity contribution in [2.24, 2.45) is 0 Å². The molecule has 1 unspecified atom stereocenters. The van der Waals surface area contributed by atoms with Crippen LogP contribution in [-0.2, 0) is 14.3 Å². The molecular formula is C12H23NO4. The number of nitrogens with zero attached hydrogens (tertiary/aromatic N) is 1. The van der Waals surface area contributed by atoms with Gasteiger partial charge in [0.15, 0.2) is 0 Å². The molecule has 0 aromatic carbocycles. The molecule has 1 atom stereocenters. The van der Waals surface area contributed by atoms with Crippen molar-refractivity contribution in [2.75, 3.05) is 14.2 Å². The first-order valence-electron chi connectivity index (χ1n) is 5.63. The van der Waals surface area contributed by atoms with Crippen LogP contribution in [0.5, 0.6) is 0 Å². The molecule has 0 saturated heterocycles. The molecule has 0 aliphatic carbocycles. The number of methoxy groups -OCH3 is 1. The third kappa shape index (κ3) is 3.91. The van der Waals surface area contributed by atoms with E-state index >= 15 is 0 Å². The molecule has 0 bridgehead atoms. The van der Waals surface area contributed by atoms with Crippen LogP contribution in [0.3, 0.4) is 0 Å². The van der Waals surface area contributed by atoms with Crippen LogP contribution in [0, 0.1) is 0 Å². The third-order valence-corrected chi connectivity index (χ3v) is 2.72. The maximum atomic E-state index is 11.9. The fourth-order valence-electron chi connectivity index (χ4n) is 1.27. The third-order valence-electron chi connectivity index (χ3n) is 2.72. The summed E-state index contributed by atoms with van der Waals surface area (Å²) in [7, 11) is 2.84. The van der Waals surface area contributed by atoms with Crippen molar-refractivity contribution < 1.29 is 19.1 Å². The number of ether oxygens (including phenoxy) is 2. The number of carbonyl (C=O) groups excluding carboxylic acids is 2. The first kappa shape index (κ1) is 15.7. The molecule has 0 aliphatic rings. The van der Waals surface area contributed by atoms with Gasteiger partial charge in [-0.25, -0.2) is 9.59 Å². The monoisotopic (exact) mass is 245 g/mol. The highest BCUT2D eigenvalue weighted by Crippen LogP contribution is 2.22. The van der Waals surface area contributed by atoms with Crippen molar-refractivity contribution >= 4 is 12.1 Å². The molecule has 0 saturated carbocycles. The maximum absolute atomic E-state index is 11.9. The Morgan fingerprint density at radius 3 is 1.94 bits per heavy atom. The zero-order valence-corrected chi connectivity index (χ0v) is 11.8. The number of rotatable bonds is 3. The van der Waals surface area contributed by atoms with Crippen LogP contribution in [0.25, 0.3) is 0 Å². The van der Waals surface area contributed by atoms with E-state index in [-0.39, 0.29) is 0 Å². The van der Waals surface area contributed by atoms with E-state index in [0.717, 1.165) is 0 Å². The Hall–Kier alpha value is -1.26. The van der Waals surface area contributed by atoms with Gasteiger partial charge in [-0.3, -0.25) is 4.90 Å². The molecule has 0 aliphatic heterocycles. The number of hydrogen-bond donors (Lipinski definition) is 0. The Balaban J connectivity index is 4.93. The van der Waals surface area contributed by atoms with Crippen LogP contribution in [0.4, 0.5) is 4.79 Å². The number of esters is 1. The average molecular weight is 245 g/mol. The van der Waals surface area contributed by atoms with Crippen LogP contribution in [0.2, 0.25) is 0 Å². The van der Waals surface area contributed by atoms with Crippen LogP contribution >= 0.6 is 0 Å². The Morgan fingerprint density at radius 2 is 1.65 bits per heavy atom. The van der Waals surface area contributed by atoms with Crippen molar-refractivity contribution in [3.8, 4) is 0 Å². The Kier molecular flexibility index (Phi) is 4.98. The van der Waals surface area contributed by atoms with E-state index in [1.165, 1.54) is 19.1 Å². The van der Waals surface area contributed by atoms with Crippen LogP contribution in [0.15, 0.2) is 0 Å². The van der Waals surface area contributed by atoms with Gasteiger partial charge in [-0.15, -0.1) is 0 Å². The molecule has 0 spiro atoms. The van der Waals surface area contributed by atoms with Gasteiger partial charge in [0.1, 0.15) is 11.1 Å². The summed E-state index contributed by atoms with van der Waals surface area (Å²) in [5.74, 6) is -0.451. The second-order valence-corrected chi connectivity index (χ2v) is 5.16. The lowest BCUT2D eigenvalue weighted by Gasteiger charge is -2.36. The smallest absolute Gasteiger partial charge is 0.410 e. The summed E-state index contributed by atoms with van der Waals surface area (Å²) >= 11 is 0. The van der Waals surface area contributed by atoms with Gasteiger partial charge in [0.05, 0.1) is 7.11 Å². The van der Waals surface area contributed by atoms with E-state index < -0.39 is 23.2 Å². The van der Waals surface area contributed by atoms with Crippen molar-refractivity contribution in [1.82, 2.24) is 4.90 Å². The second-order valence-electron chi connectivity index (χ2n) is 5.16. The second kappa shape index (κ2) is 5.38. The Labute approximate surface area is 103 Å². The quantitative estimate of drug-likeness (QED) is 0.715. The molecule has 0 aromatic heterocycles. The molecule has 0 rings (SSSR count). The summed E-state index contributed by atoms with van der Waals surface area (Å²) in [5, 5.41) is 0. The summed E-state index contributed by atoms with van der Waals surface area (Å²) in [5.41, 5.74) is -1.59. The molecule has 0 radical (unpaired) electrons. The lowest BCUT2D eigenvalue weighted by atomic mass is 9.97. The van der Waals surface area contributed by atoms with Crippen molar-refractivity contribution in [3.05, 3.63) is 0 Å². The highest BCUT2D eigenvalue weighted by Gasteiger charge is 2.41. The van der Waals surface area contributed by atoms with E-state index in [2.05, 4.69) is 0 Å². The SMILES string of the molecule is CCC(C)(C(=O)OC)N(C)C(=O)OC(C)(C)C. The molecule has 100 valence electrons. The number of carbonyl (C=O) groups is 2. The van der Waals surface area contributed by atoms with Gasteiger partial charge < -0.3 is 9.47 Å². The van der Waals surface area contributed by atoms with Crippen molar-refractivity contribution in [2.45, 2.75) is 52.2 Å². The van der Waals surface area contributed by atoms with Gasteiger partial charge in [0, 0.05) is 7.05 Å². The number of hydrogen-bond acceptors (Lipinski definition) is 4. The van der Waals surface area contributed by atoms with Gasteiger partial charge in [0.2, 0.25) is 0 Å². The maximum Gasteiger partial charge on any atom is 0.410 e. The zero-order chi connectivity index (χ0) is 13.9. The van der Waals surface area contributed by atoms with E-state index in [0.29, 0.717) is 6.42 Å². The Bertz CT molecular complexity index is 295. The molecule has 0 heterocycles. The van der Waals surface area contributed by atoms with Crippen LogP contribution in [0.1, 0.15) is 41.0 Å². The van der Waals surface area contributed by atoms with Gasteiger partial charge in [-0.1, -0.05) is 6.92 Å². The van der Waals surface area contributed by atoms with Gasteiger partial charge >= 0.3 is 12.1 Å². The fraction of sp³-hybridized carbons (Fsp3) is 0.833. The number of amides is 1. The molecule has 5 heteroatoms. The first-order valence-corrected chi connectivity index (χ1v) is 5.63. The normalized spacial score (nSPS) is 14.8. The zero-order valence-electron chi connectivity index (χ0n) is 11.8. The Morgan fingerprint density at radius 1 is 1.18 bits per heavy atom. The minimum absolute atomic E-state index is 0.451. The largest absolute Gasteiger partial charge is 0.467 e. The highest BCUT2D eigenvalue weighted by molar-refractivity contribution is 5.85. The van der Waals surface area contributed by atoms with Gasteiger partial charge in [-0.2, -0.15) is 0 Å². The van der Waals surface area contributed by atoms with Crippen LogP contribution in [-0.4, -0.2) is 42.3 Å². The lowest BCUT2D eigenvalue weighted by Crippen LogP contribution is -2.54. The average Bonchev–Trinajstić information content (AvgIpc) is 2.23. The fourth-order valence-corrected chi connectivity index (χ4v) is 1.27. The van der Waals surface area contributed by atoms with E-state index in [4.69, 9.17) is 9.47 Å².